The van der Waals surface area contributed by atoms with Crippen LogP contribution in [0, 0.1) is 10.8 Å². The lowest BCUT2D eigenvalue weighted by Gasteiger charge is -2.69. The molecule has 2 aromatic carbocycles. The molecule has 2 aromatic rings. The van der Waals surface area contributed by atoms with Crippen LogP contribution in [0.2, 0.25) is 0 Å². The van der Waals surface area contributed by atoms with Gasteiger partial charge in [-0.1, -0.05) is 51.0 Å². The van der Waals surface area contributed by atoms with Gasteiger partial charge in [-0.2, -0.15) is 0 Å². The number of halogens is 2. The van der Waals surface area contributed by atoms with Crippen molar-refractivity contribution in [3.8, 4) is 11.5 Å². The van der Waals surface area contributed by atoms with Gasteiger partial charge in [-0.15, -0.1) is 23.2 Å². The molecule has 3 aliphatic carbocycles. The lowest BCUT2D eigenvalue weighted by Crippen LogP contribution is -2.66. The summed E-state index contributed by atoms with van der Waals surface area (Å²) in [6.07, 6.45) is 15.0. The Labute approximate surface area is 240 Å². The normalized spacial score (nSPS) is 30.2. The van der Waals surface area contributed by atoms with Crippen LogP contribution in [-0.4, -0.2) is 17.5 Å². The molecule has 0 N–H and O–H groups in total. The van der Waals surface area contributed by atoms with Crippen molar-refractivity contribution in [1.29, 1.82) is 0 Å². The maximum Gasteiger partial charge on any atom is 0.129 e. The van der Waals surface area contributed by atoms with Crippen LogP contribution < -0.4 is 9.47 Å². The van der Waals surface area contributed by atoms with E-state index in [1.165, 1.54) is 43.2 Å². The molecule has 0 atom stereocenters. The van der Waals surface area contributed by atoms with Gasteiger partial charge in [-0.3, -0.25) is 0 Å². The van der Waals surface area contributed by atoms with Crippen molar-refractivity contribution in [2.24, 2.45) is 10.8 Å². The third-order valence-corrected chi connectivity index (χ3v) is 11.7. The number of rotatable bonds is 10. The van der Waals surface area contributed by atoms with Crippen molar-refractivity contribution in [3.05, 3.63) is 59.7 Å². The smallest absolute Gasteiger partial charge is 0.129 e. The quantitative estimate of drug-likeness (QED) is 0.214. The van der Waals surface area contributed by atoms with Gasteiger partial charge < -0.3 is 9.47 Å². The fourth-order valence-electron chi connectivity index (χ4n) is 7.66. The van der Waals surface area contributed by atoms with E-state index in [0.717, 1.165) is 76.1 Å². The Hall–Kier alpha value is -1.38. The first-order valence-electron chi connectivity index (χ1n) is 15.3. The summed E-state index contributed by atoms with van der Waals surface area (Å²) in [4.78, 5) is 0. The van der Waals surface area contributed by atoms with E-state index in [1.807, 2.05) is 0 Å². The van der Waals surface area contributed by atoms with Crippen LogP contribution in [0.1, 0.15) is 120 Å². The van der Waals surface area contributed by atoms with E-state index in [9.17, 15) is 0 Å². The van der Waals surface area contributed by atoms with Crippen molar-refractivity contribution >= 4 is 23.2 Å². The minimum absolute atomic E-state index is 0.0973. The highest BCUT2D eigenvalue weighted by atomic mass is 35.5. The van der Waals surface area contributed by atoms with E-state index >= 15 is 0 Å². The van der Waals surface area contributed by atoms with E-state index in [-0.39, 0.29) is 10.8 Å². The van der Waals surface area contributed by atoms with Crippen molar-refractivity contribution < 1.29 is 9.47 Å². The van der Waals surface area contributed by atoms with E-state index in [4.69, 9.17) is 32.7 Å². The summed E-state index contributed by atoms with van der Waals surface area (Å²) < 4.78 is 11.1. The van der Waals surface area contributed by atoms with Crippen LogP contribution in [0.15, 0.2) is 48.5 Å². The van der Waals surface area contributed by atoms with Gasteiger partial charge in [0.25, 0.3) is 0 Å². The number of hydrogen-bond acceptors (Lipinski definition) is 2. The number of ether oxygens (including phenoxy) is 2. The van der Waals surface area contributed by atoms with Crippen LogP contribution in [-0.2, 0) is 0 Å². The summed E-state index contributed by atoms with van der Waals surface area (Å²) >= 11 is 14.7. The average molecular weight is 558 g/mol. The summed E-state index contributed by atoms with van der Waals surface area (Å²) in [5.41, 5.74) is 3.07. The molecular formula is C34H46Cl2O2. The van der Waals surface area contributed by atoms with E-state index < -0.39 is 4.33 Å². The third-order valence-electron chi connectivity index (χ3n) is 10.1. The minimum Gasteiger partial charge on any atom is -0.494 e. The second-order valence-electron chi connectivity index (χ2n) is 12.4. The summed E-state index contributed by atoms with van der Waals surface area (Å²) in [5, 5.41) is 0. The fraction of sp³-hybridized carbons (Fsp3) is 0.647. The molecule has 3 saturated carbocycles. The first-order chi connectivity index (χ1) is 18.4. The minimum atomic E-state index is -0.593. The molecule has 5 rings (SSSR count). The van der Waals surface area contributed by atoms with Gasteiger partial charge in [0.15, 0.2) is 0 Å². The number of hydrogen-bond donors (Lipinski definition) is 0. The second-order valence-corrected chi connectivity index (χ2v) is 13.7. The second kappa shape index (κ2) is 12.0. The highest BCUT2D eigenvalue weighted by Gasteiger charge is 2.72. The monoisotopic (exact) mass is 556 g/mol. The molecule has 0 aromatic heterocycles. The topological polar surface area (TPSA) is 18.5 Å². The van der Waals surface area contributed by atoms with Gasteiger partial charge in [0, 0.05) is 10.8 Å². The molecule has 208 valence electrons. The lowest BCUT2D eigenvalue weighted by molar-refractivity contribution is -0.107. The van der Waals surface area contributed by atoms with Crippen molar-refractivity contribution in [2.45, 2.75) is 113 Å². The molecule has 0 radical (unpaired) electrons. The molecule has 38 heavy (non-hydrogen) atoms. The van der Waals surface area contributed by atoms with Crippen molar-refractivity contribution in [3.63, 3.8) is 0 Å². The molecule has 0 heterocycles. The molecule has 0 saturated heterocycles. The summed E-state index contributed by atoms with van der Waals surface area (Å²) in [7, 11) is 0. The molecule has 3 fully saturated rings. The molecule has 2 nitrogen and oxygen atoms in total. The number of benzene rings is 2. The standard InChI is InChI=1S/C34H46Cl2O2/c1-3-5-23-37-30-11-7-26(8-12-30)28-15-19-32(20-16-28)25-33(34(32,35)36)21-17-29(18-22-33)27-9-13-31(14-10-27)38-24-6-4-2/h7-14,28-29H,3-6,15-25H2,1-2H3. The Kier molecular flexibility index (Phi) is 8.90. The number of alkyl halides is 2. The Balaban J connectivity index is 1.13. The Morgan fingerprint density at radius 1 is 0.632 bits per heavy atom. The van der Waals surface area contributed by atoms with Gasteiger partial charge >= 0.3 is 0 Å². The highest BCUT2D eigenvalue weighted by Crippen LogP contribution is 2.77. The summed E-state index contributed by atoms with van der Waals surface area (Å²) in [6.45, 7) is 5.99. The Morgan fingerprint density at radius 3 is 1.32 bits per heavy atom. The first kappa shape index (κ1) is 28.2. The number of unbranched alkanes of at least 4 members (excludes halogenated alkanes) is 2. The van der Waals surface area contributed by atoms with Gasteiger partial charge in [0.05, 0.1) is 13.2 Å². The van der Waals surface area contributed by atoms with Gasteiger partial charge in [0.2, 0.25) is 0 Å². The van der Waals surface area contributed by atoms with Gasteiger partial charge in [0.1, 0.15) is 15.8 Å². The molecule has 0 aliphatic heterocycles. The van der Waals surface area contributed by atoms with Crippen LogP contribution in [0.5, 0.6) is 11.5 Å². The predicted molar refractivity (Wildman–Crippen MR) is 160 cm³/mol. The zero-order valence-electron chi connectivity index (χ0n) is 23.5. The molecule has 0 amide bonds. The van der Waals surface area contributed by atoms with Crippen LogP contribution >= 0.6 is 23.2 Å². The van der Waals surface area contributed by atoms with Crippen LogP contribution in [0.4, 0.5) is 0 Å². The first-order valence-corrected chi connectivity index (χ1v) is 16.0. The molecule has 4 heteroatoms. The molecule has 0 bridgehead atoms. The van der Waals surface area contributed by atoms with Crippen molar-refractivity contribution in [2.75, 3.05) is 13.2 Å². The van der Waals surface area contributed by atoms with Crippen LogP contribution in [0.25, 0.3) is 0 Å². The fourth-order valence-corrected chi connectivity index (χ4v) is 8.68. The average Bonchev–Trinajstić information content (AvgIpc) is 2.95. The molecule has 3 aliphatic rings. The zero-order chi connectivity index (χ0) is 26.6. The SMILES string of the molecule is CCCCOc1ccc(C2CCC3(CC2)CC2(CCC(c4ccc(OCCCC)cc4)CC2)C3(Cl)Cl)cc1. The van der Waals surface area contributed by atoms with Crippen molar-refractivity contribution in [1.82, 2.24) is 0 Å². The van der Waals surface area contributed by atoms with Crippen LogP contribution in [0.3, 0.4) is 0 Å². The van der Waals surface area contributed by atoms with E-state index in [2.05, 4.69) is 62.4 Å². The Bertz CT molecular complexity index is 932. The zero-order valence-corrected chi connectivity index (χ0v) is 25.0. The molecule has 2 spiro atoms. The van der Waals surface area contributed by atoms with E-state index in [1.54, 1.807) is 0 Å². The largest absolute Gasteiger partial charge is 0.494 e. The molecule has 0 unspecified atom stereocenters. The predicted octanol–water partition coefficient (Wildman–Crippen LogP) is 10.6. The summed E-state index contributed by atoms with van der Waals surface area (Å²) in [6, 6.07) is 17.7. The molecular weight excluding hydrogens is 511 g/mol. The third kappa shape index (κ3) is 5.46. The maximum absolute atomic E-state index is 7.36. The maximum atomic E-state index is 7.36. The summed E-state index contributed by atoms with van der Waals surface area (Å²) in [5.74, 6) is 3.19. The Morgan fingerprint density at radius 2 is 1.00 bits per heavy atom. The van der Waals surface area contributed by atoms with E-state index in [0.29, 0.717) is 11.8 Å². The van der Waals surface area contributed by atoms with Gasteiger partial charge in [-0.05, 0) is 118 Å². The van der Waals surface area contributed by atoms with Gasteiger partial charge in [-0.25, -0.2) is 0 Å². The highest BCUT2D eigenvalue weighted by molar-refractivity contribution is 6.50. The lowest BCUT2D eigenvalue weighted by atomic mass is 9.43.